The van der Waals surface area contributed by atoms with Crippen molar-refractivity contribution >= 4 is 5.91 Å². The minimum Gasteiger partial charge on any atom is -0.395 e. The molecule has 3 heteroatoms. The van der Waals surface area contributed by atoms with E-state index in [2.05, 4.69) is 5.32 Å². The van der Waals surface area contributed by atoms with Gasteiger partial charge < -0.3 is 10.4 Å². The topological polar surface area (TPSA) is 49.3 Å². The zero-order valence-corrected chi connectivity index (χ0v) is 8.57. The van der Waals surface area contributed by atoms with Crippen molar-refractivity contribution in [3.8, 4) is 0 Å². The number of aliphatic hydroxyl groups excluding tert-OH is 1. The SMILES string of the molecule is O=C(NCc1ccccc1)C1(CO)CC1. The second kappa shape index (κ2) is 4.03. The number of rotatable bonds is 4. The second-order valence-electron chi connectivity index (χ2n) is 4.11. The molecule has 0 saturated heterocycles. The number of carbonyl (C=O) groups is 1. The fourth-order valence-electron chi connectivity index (χ4n) is 1.57. The largest absolute Gasteiger partial charge is 0.395 e. The van der Waals surface area contributed by atoms with Gasteiger partial charge in [-0.15, -0.1) is 0 Å². The number of amides is 1. The highest BCUT2D eigenvalue weighted by Gasteiger charge is 2.49. The number of aliphatic hydroxyl groups is 1. The lowest BCUT2D eigenvalue weighted by Gasteiger charge is -2.11. The van der Waals surface area contributed by atoms with Crippen LogP contribution in [0.4, 0.5) is 0 Å². The van der Waals surface area contributed by atoms with Crippen LogP contribution in [-0.2, 0) is 11.3 Å². The quantitative estimate of drug-likeness (QED) is 0.772. The molecule has 1 aliphatic carbocycles. The number of carbonyl (C=O) groups excluding carboxylic acids is 1. The molecule has 0 bridgehead atoms. The minimum absolute atomic E-state index is 0.0196. The second-order valence-corrected chi connectivity index (χ2v) is 4.11. The van der Waals surface area contributed by atoms with Crippen LogP contribution in [0, 0.1) is 5.41 Å². The van der Waals surface area contributed by atoms with Gasteiger partial charge in [0, 0.05) is 6.54 Å². The molecule has 0 aromatic heterocycles. The summed E-state index contributed by atoms with van der Waals surface area (Å²) in [6, 6.07) is 9.78. The van der Waals surface area contributed by atoms with Crippen LogP contribution in [0.5, 0.6) is 0 Å². The van der Waals surface area contributed by atoms with E-state index in [1.165, 1.54) is 0 Å². The molecule has 0 spiro atoms. The molecular formula is C12H15NO2. The highest BCUT2D eigenvalue weighted by atomic mass is 16.3. The predicted octanol–water partition coefficient (Wildman–Crippen LogP) is 1.08. The van der Waals surface area contributed by atoms with E-state index in [1.807, 2.05) is 30.3 Å². The Morgan fingerprint density at radius 1 is 1.33 bits per heavy atom. The van der Waals surface area contributed by atoms with Gasteiger partial charge in [0.15, 0.2) is 0 Å². The van der Waals surface area contributed by atoms with Crippen molar-refractivity contribution in [3.63, 3.8) is 0 Å². The standard InChI is InChI=1S/C12H15NO2/c14-9-12(6-7-12)11(15)13-8-10-4-2-1-3-5-10/h1-5,14H,6-9H2,(H,13,15). The third-order valence-corrected chi connectivity index (χ3v) is 2.93. The van der Waals surface area contributed by atoms with Crippen LogP contribution in [-0.4, -0.2) is 17.6 Å². The summed E-state index contributed by atoms with van der Waals surface area (Å²) in [5.41, 5.74) is 0.619. The smallest absolute Gasteiger partial charge is 0.228 e. The van der Waals surface area contributed by atoms with Crippen molar-refractivity contribution in [3.05, 3.63) is 35.9 Å². The maximum Gasteiger partial charge on any atom is 0.228 e. The molecule has 0 unspecified atom stereocenters. The van der Waals surface area contributed by atoms with Gasteiger partial charge in [0.2, 0.25) is 5.91 Å². The lowest BCUT2D eigenvalue weighted by molar-refractivity contribution is -0.127. The van der Waals surface area contributed by atoms with E-state index in [0.29, 0.717) is 6.54 Å². The molecule has 2 N–H and O–H groups in total. The van der Waals surface area contributed by atoms with Gasteiger partial charge in [-0.2, -0.15) is 0 Å². The molecule has 1 aromatic carbocycles. The van der Waals surface area contributed by atoms with Crippen LogP contribution in [0.15, 0.2) is 30.3 Å². The van der Waals surface area contributed by atoms with Crippen LogP contribution in [0.25, 0.3) is 0 Å². The monoisotopic (exact) mass is 205 g/mol. The van der Waals surface area contributed by atoms with Crippen molar-refractivity contribution in [2.45, 2.75) is 19.4 Å². The lowest BCUT2D eigenvalue weighted by atomic mass is 10.1. The first-order valence-electron chi connectivity index (χ1n) is 5.20. The van der Waals surface area contributed by atoms with E-state index < -0.39 is 5.41 Å². The molecule has 2 rings (SSSR count). The molecule has 0 radical (unpaired) electrons. The van der Waals surface area contributed by atoms with E-state index in [4.69, 9.17) is 5.11 Å². The maximum absolute atomic E-state index is 11.7. The lowest BCUT2D eigenvalue weighted by Crippen LogP contribution is -2.33. The summed E-state index contributed by atoms with van der Waals surface area (Å²) in [4.78, 5) is 11.7. The molecule has 15 heavy (non-hydrogen) atoms. The first kappa shape index (κ1) is 10.2. The Labute approximate surface area is 89.1 Å². The van der Waals surface area contributed by atoms with Gasteiger partial charge in [-0.05, 0) is 18.4 Å². The molecule has 1 aliphatic rings. The van der Waals surface area contributed by atoms with Gasteiger partial charge in [0.05, 0.1) is 12.0 Å². The van der Waals surface area contributed by atoms with E-state index in [-0.39, 0.29) is 12.5 Å². The average Bonchev–Trinajstić information content (AvgIpc) is 3.08. The molecule has 80 valence electrons. The predicted molar refractivity (Wildman–Crippen MR) is 57.0 cm³/mol. The van der Waals surface area contributed by atoms with E-state index in [0.717, 1.165) is 18.4 Å². The summed E-state index contributed by atoms with van der Waals surface area (Å²) in [5, 5.41) is 11.9. The van der Waals surface area contributed by atoms with E-state index in [1.54, 1.807) is 0 Å². The molecule has 1 fully saturated rings. The summed E-state index contributed by atoms with van der Waals surface area (Å²) in [6.07, 6.45) is 1.62. The van der Waals surface area contributed by atoms with Crippen LogP contribution >= 0.6 is 0 Å². The van der Waals surface area contributed by atoms with Crippen molar-refractivity contribution in [1.29, 1.82) is 0 Å². The molecule has 1 amide bonds. The Kier molecular flexibility index (Phi) is 2.73. The molecule has 1 aromatic rings. The van der Waals surface area contributed by atoms with Gasteiger partial charge in [-0.3, -0.25) is 4.79 Å². The van der Waals surface area contributed by atoms with Crippen molar-refractivity contribution in [2.24, 2.45) is 5.41 Å². The summed E-state index contributed by atoms with van der Waals surface area (Å²) in [5.74, 6) is -0.0196. The third kappa shape index (κ3) is 2.18. The summed E-state index contributed by atoms with van der Waals surface area (Å²) in [7, 11) is 0. The van der Waals surface area contributed by atoms with E-state index >= 15 is 0 Å². The Morgan fingerprint density at radius 3 is 2.53 bits per heavy atom. The number of hydrogen-bond acceptors (Lipinski definition) is 2. The van der Waals surface area contributed by atoms with E-state index in [9.17, 15) is 4.79 Å². The summed E-state index contributed by atoms with van der Waals surface area (Å²) < 4.78 is 0. The zero-order chi connectivity index (χ0) is 10.7. The van der Waals surface area contributed by atoms with Crippen LogP contribution in [0.1, 0.15) is 18.4 Å². The Bertz CT molecular complexity index is 344. The fraction of sp³-hybridized carbons (Fsp3) is 0.417. The first-order valence-corrected chi connectivity index (χ1v) is 5.20. The summed E-state index contributed by atoms with van der Waals surface area (Å²) >= 11 is 0. The van der Waals surface area contributed by atoms with Gasteiger partial charge in [0.1, 0.15) is 0 Å². The Hall–Kier alpha value is -1.35. The third-order valence-electron chi connectivity index (χ3n) is 2.93. The van der Waals surface area contributed by atoms with Gasteiger partial charge >= 0.3 is 0 Å². The maximum atomic E-state index is 11.7. The van der Waals surface area contributed by atoms with Crippen molar-refractivity contribution in [1.82, 2.24) is 5.32 Å². The molecular weight excluding hydrogens is 190 g/mol. The molecule has 0 atom stereocenters. The molecule has 3 nitrogen and oxygen atoms in total. The van der Waals surface area contributed by atoms with Crippen LogP contribution < -0.4 is 5.32 Å². The van der Waals surface area contributed by atoms with Crippen molar-refractivity contribution < 1.29 is 9.90 Å². The molecule has 1 saturated carbocycles. The van der Waals surface area contributed by atoms with Gasteiger partial charge in [0.25, 0.3) is 0 Å². The zero-order valence-electron chi connectivity index (χ0n) is 8.57. The number of benzene rings is 1. The normalized spacial score (nSPS) is 17.1. The average molecular weight is 205 g/mol. The number of hydrogen-bond donors (Lipinski definition) is 2. The fourth-order valence-corrected chi connectivity index (χ4v) is 1.57. The summed E-state index contributed by atoms with van der Waals surface area (Å²) in [6.45, 7) is 0.509. The minimum atomic E-state index is -0.464. The first-order chi connectivity index (χ1) is 7.27. The van der Waals surface area contributed by atoms with Gasteiger partial charge in [-0.25, -0.2) is 0 Å². The van der Waals surface area contributed by atoms with Crippen molar-refractivity contribution in [2.75, 3.05) is 6.61 Å². The molecule has 0 heterocycles. The van der Waals surface area contributed by atoms with Crippen LogP contribution in [0.3, 0.4) is 0 Å². The Balaban J connectivity index is 1.86. The highest BCUT2D eigenvalue weighted by Crippen LogP contribution is 2.45. The highest BCUT2D eigenvalue weighted by molar-refractivity contribution is 5.85. The number of nitrogens with one attached hydrogen (secondary N) is 1. The Morgan fingerprint density at radius 2 is 2.00 bits per heavy atom. The molecule has 0 aliphatic heterocycles. The van der Waals surface area contributed by atoms with Gasteiger partial charge in [-0.1, -0.05) is 30.3 Å². The van der Waals surface area contributed by atoms with Crippen LogP contribution in [0.2, 0.25) is 0 Å².